The maximum Gasteiger partial charge on any atom is 0.146 e. The molecule has 1 heterocycles. The minimum Gasteiger partial charge on any atom is -0.373 e. The summed E-state index contributed by atoms with van der Waals surface area (Å²) >= 11 is 0. The molecular formula is C14H16FN3. The van der Waals surface area contributed by atoms with Gasteiger partial charge in [-0.2, -0.15) is 0 Å². The van der Waals surface area contributed by atoms with E-state index in [9.17, 15) is 4.39 Å². The SMILES string of the molecule is CCN(c1ccnc(NC)c1)c1ccccc1F. The molecule has 0 fully saturated rings. The fourth-order valence-electron chi connectivity index (χ4n) is 1.89. The smallest absolute Gasteiger partial charge is 0.146 e. The molecule has 0 unspecified atom stereocenters. The van der Waals surface area contributed by atoms with E-state index in [1.807, 2.05) is 37.1 Å². The Kier molecular flexibility index (Phi) is 3.77. The lowest BCUT2D eigenvalue weighted by atomic mass is 10.2. The van der Waals surface area contributed by atoms with Crippen LogP contribution in [0.15, 0.2) is 42.6 Å². The predicted octanol–water partition coefficient (Wildman–Crippen LogP) is 3.42. The van der Waals surface area contributed by atoms with Crippen molar-refractivity contribution in [1.29, 1.82) is 0 Å². The Morgan fingerprint density at radius 2 is 2.06 bits per heavy atom. The second kappa shape index (κ2) is 5.49. The Morgan fingerprint density at radius 3 is 2.72 bits per heavy atom. The molecule has 4 heteroatoms. The molecule has 0 amide bonds. The topological polar surface area (TPSA) is 28.2 Å². The highest BCUT2D eigenvalue weighted by Gasteiger charge is 2.11. The maximum atomic E-state index is 13.8. The molecule has 0 aliphatic heterocycles. The molecule has 3 nitrogen and oxygen atoms in total. The number of rotatable bonds is 4. The first-order valence-electron chi connectivity index (χ1n) is 5.92. The van der Waals surface area contributed by atoms with Gasteiger partial charge in [0.1, 0.15) is 11.6 Å². The summed E-state index contributed by atoms with van der Waals surface area (Å²) in [6.07, 6.45) is 1.71. The van der Waals surface area contributed by atoms with Crippen LogP contribution in [-0.4, -0.2) is 18.6 Å². The van der Waals surface area contributed by atoms with Crippen LogP contribution in [0.5, 0.6) is 0 Å². The van der Waals surface area contributed by atoms with Gasteiger partial charge in [0, 0.05) is 31.5 Å². The largest absolute Gasteiger partial charge is 0.373 e. The van der Waals surface area contributed by atoms with Crippen molar-refractivity contribution in [3.05, 3.63) is 48.4 Å². The second-order valence-electron chi connectivity index (χ2n) is 3.84. The van der Waals surface area contributed by atoms with Crippen LogP contribution in [0.2, 0.25) is 0 Å². The van der Waals surface area contributed by atoms with Crippen molar-refractivity contribution in [3.8, 4) is 0 Å². The van der Waals surface area contributed by atoms with Crippen LogP contribution in [0, 0.1) is 5.82 Å². The normalized spacial score (nSPS) is 10.2. The average molecular weight is 245 g/mol. The number of halogens is 1. The van der Waals surface area contributed by atoms with Crippen LogP contribution < -0.4 is 10.2 Å². The lowest BCUT2D eigenvalue weighted by Crippen LogP contribution is -2.17. The highest BCUT2D eigenvalue weighted by molar-refractivity contribution is 5.65. The number of benzene rings is 1. The molecule has 0 bridgehead atoms. The van der Waals surface area contributed by atoms with Crippen LogP contribution in [-0.2, 0) is 0 Å². The van der Waals surface area contributed by atoms with Gasteiger partial charge in [0.15, 0.2) is 0 Å². The van der Waals surface area contributed by atoms with Gasteiger partial charge in [-0.25, -0.2) is 9.37 Å². The zero-order chi connectivity index (χ0) is 13.0. The lowest BCUT2D eigenvalue weighted by molar-refractivity contribution is 0.625. The minimum atomic E-state index is -0.220. The van der Waals surface area contributed by atoms with Gasteiger partial charge in [0.05, 0.1) is 5.69 Å². The number of nitrogens with one attached hydrogen (secondary N) is 1. The van der Waals surface area contributed by atoms with E-state index in [1.54, 1.807) is 18.3 Å². The van der Waals surface area contributed by atoms with Crippen LogP contribution in [0.3, 0.4) is 0 Å². The van der Waals surface area contributed by atoms with E-state index in [-0.39, 0.29) is 5.82 Å². The third-order valence-electron chi connectivity index (χ3n) is 2.77. The monoisotopic (exact) mass is 245 g/mol. The first-order valence-corrected chi connectivity index (χ1v) is 5.92. The third kappa shape index (κ3) is 2.42. The number of anilines is 3. The molecule has 2 aromatic rings. The van der Waals surface area contributed by atoms with E-state index in [0.717, 1.165) is 11.5 Å². The summed E-state index contributed by atoms with van der Waals surface area (Å²) < 4.78 is 13.8. The molecule has 0 aliphatic rings. The van der Waals surface area contributed by atoms with Crippen molar-refractivity contribution in [2.75, 3.05) is 23.8 Å². The number of nitrogens with zero attached hydrogens (tertiary/aromatic N) is 2. The van der Waals surface area contributed by atoms with Crippen molar-refractivity contribution in [1.82, 2.24) is 4.98 Å². The van der Waals surface area contributed by atoms with Crippen LogP contribution in [0.25, 0.3) is 0 Å². The van der Waals surface area contributed by atoms with Crippen molar-refractivity contribution in [2.24, 2.45) is 0 Å². The van der Waals surface area contributed by atoms with Gasteiger partial charge in [0.2, 0.25) is 0 Å². The molecule has 1 aromatic carbocycles. The van der Waals surface area contributed by atoms with Crippen molar-refractivity contribution in [3.63, 3.8) is 0 Å². The number of hydrogen-bond acceptors (Lipinski definition) is 3. The molecule has 1 aromatic heterocycles. The van der Waals surface area contributed by atoms with Gasteiger partial charge in [-0.3, -0.25) is 0 Å². The Bertz CT molecular complexity index is 528. The summed E-state index contributed by atoms with van der Waals surface area (Å²) in [5.74, 6) is 0.546. The molecule has 0 spiro atoms. The van der Waals surface area contributed by atoms with E-state index in [0.29, 0.717) is 12.2 Å². The fourth-order valence-corrected chi connectivity index (χ4v) is 1.89. The van der Waals surface area contributed by atoms with E-state index in [1.165, 1.54) is 6.07 Å². The second-order valence-corrected chi connectivity index (χ2v) is 3.84. The summed E-state index contributed by atoms with van der Waals surface area (Å²) in [7, 11) is 1.81. The third-order valence-corrected chi connectivity index (χ3v) is 2.77. The Hall–Kier alpha value is -2.10. The van der Waals surface area contributed by atoms with Crippen molar-refractivity contribution < 1.29 is 4.39 Å². The van der Waals surface area contributed by atoms with E-state index in [2.05, 4.69) is 10.3 Å². The molecule has 0 radical (unpaired) electrons. The zero-order valence-electron chi connectivity index (χ0n) is 10.5. The summed E-state index contributed by atoms with van der Waals surface area (Å²) in [6, 6.07) is 10.5. The Morgan fingerprint density at radius 1 is 1.28 bits per heavy atom. The van der Waals surface area contributed by atoms with Gasteiger partial charge < -0.3 is 10.2 Å². The first-order chi connectivity index (χ1) is 8.76. The van der Waals surface area contributed by atoms with Gasteiger partial charge >= 0.3 is 0 Å². The summed E-state index contributed by atoms with van der Waals surface area (Å²) in [4.78, 5) is 6.07. The molecule has 94 valence electrons. The van der Waals surface area contributed by atoms with Crippen LogP contribution in [0.4, 0.5) is 21.6 Å². The fraction of sp³-hybridized carbons (Fsp3) is 0.214. The Labute approximate surface area is 106 Å². The van der Waals surface area contributed by atoms with E-state index >= 15 is 0 Å². The summed E-state index contributed by atoms with van der Waals surface area (Å²) in [5.41, 5.74) is 1.50. The van der Waals surface area contributed by atoms with Gasteiger partial charge in [-0.1, -0.05) is 12.1 Å². The van der Waals surface area contributed by atoms with E-state index < -0.39 is 0 Å². The van der Waals surface area contributed by atoms with Crippen molar-refractivity contribution >= 4 is 17.2 Å². The lowest BCUT2D eigenvalue weighted by Gasteiger charge is -2.24. The maximum absolute atomic E-state index is 13.8. The molecule has 2 rings (SSSR count). The summed E-state index contributed by atoms with van der Waals surface area (Å²) in [5, 5.41) is 2.98. The number of hydrogen-bond donors (Lipinski definition) is 1. The van der Waals surface area contributed by atoms with Crippen molar-refractivity contribution in [2.45, 2.75) is 6.92 Å². The summed E-state index contributed by atoms with van der Waals surface area (Å²) in [6.45, 7) is 2.68. The van der Waals surface area contributed by atoms with Gasteiger partial charge in [-0.05, 0) is 25.1 Å². The predicted molar refractivity (Wildman–Crippen MR) is 72.9 cm³/mol. The molecule has 0 saturated carbocycles. The molecule has 0 aliphatic carbocycles. The van der Waals surface area contributed by atoms with Gasteiger partial charge in [-0.15, -0.1) is 0 Å². The number of aromatic nitrogens is 1. The highest BCUT2D eigenvalue weighted by atomic mass is 19.1. The van der Waals surface area contributed by atoms with Crippen LogP contribution in [0.1, 0.15) is 6.92 Å². The van der Waals surface area contributed by atoms with Gasteiger partial charge in [0.25, 0.3) is 0 Å². The standard InChI is InChI=1S/C14H16FN3/c1-3-18(13-7-5-4-6-12(13)15)11-8-9-17-14(10-11)16-2/h4-10H,3H2,1-2H3,(H,16,17). The number of para-hydroxylation sites is 1. The highest BCUT2D eigenvalue weighted by Crippen LogP contribution is 2.28. The Balaban J connectivity index is 2.42. The quantitative estimate of drug-likeness (QED) is 0.894. The molecule has 0 atom stereocenters. The zero-order valence-corrected chi connectivity index (χ0v) is 10.5. The average Bonchev–Trinajstić information content (AvgIpc) is 2.42. The molecule has 0 saturated heterocycles. The minimum absolute atomic E-state index is 0.220. The molecular weight excluding hydrogens is 229 g/mol. The number of pyridine rings is 1. The van der Waals surface area contributed by atoms with E-state index in [4.69, 9.17) is 0 Å². The molecule has 1 N–H and O–H groups in total. The van der Waals surface area contributed by atoms with Crippen LogP contribution >= 0.6 is 0 Å². The molecule has 18 heavy (non-hydrogen) atoms. The first kappa shape index (κ1) is 12.4.